The van der Waals surface area contributed by atoms with Crippen molar-refractivity contribution in [2.75, 3.05) is 6.61 Å². The maximum atomic E-state index is 13.0. The molecule has 0 aliphatic carbocycles. The average Bonchev–Trinajstić information content (AvgIpc) is 3.26. The molecule has 0 aromatic rings. The van der Waals surface area contributed by atoms with Gasteiger partial charge in [-0.25, -0.2) is 0 Å². The molecule has 0 spiro atoms. The zero-order chi connectivity index (χ0) is 44.8. The SMILES string of the molecule is CCCCCCCC/C=C\CCCCCCCC(=O)C(O)(C(=O)CCCCCCCCCCCCCCCCCC(=O)CCCCCCCCCCCCCCC)C(O)CO. The predicted molar refractivity (Wildman–Crippen MR) is 261 cm³/mol. The van der Waals surface area contributed by atoms with Crippen molar-refractivity contribution in [3.8, 4) is 0 Å². The highest BCUT2D eigenvalue weighted by Gasteiger charge is 2.48. The molecule has 0 aliphatic heterocycles. The van der Waals surface area contributed by atoms with E-state index >= 15 is 0 Å². The molecular formula is C55H104O6. The maximum Gasteiger partial charge on any atom is 0.209 e. The average molecular weight is 861 g/mol. The second kappa shape index (κ2) is 46.6. The van der Waals surface area contributed by atoms with Gasteiger partial charge in [0.05, 0.1) is 6.61 Å². The Morgan fingerprint density at radius 3 is 0.869 bits per heavy atom. The monoisotopic (exact) mass is 861 g/mol. The van der Waals surface area contributed by atoms with E-state index in [1.54, 1.807) is 0 Å². The first kappa shape index (κ1) is 59.6. The van der Waals surface area contributed by atoms with E-state index < -0.39 is 29.9 Å². The van der Waals surface area contributed by atoms with Crippen LogP contribution in [0.4, 0.5) is 0 Å². The van der Waals surface area contributed by atoms with Gasteiger partial charge in [0, 0.05) is 25.7 Å². The van der Waals surface area contributed by atoms with Gasteiger partial charge in [0.15, 0.2) is 11.6 Å². The number of carbonyl (C=O) groups excluding carboxylic acids is 3. The first-order valence-corrected chi connectivity index (χ1v) is 27.1. The Balaban J connectivity index is 3.70. The fourth-order valence-corrected chi connectivity index (χ4v) is 8.77. The van der Waals surface area contributed by atoms with Crippen molar-refractivity contribution in [3.05, 3.63) is 12.2 Å². The standard InChI is InChI=1S/C55H104O6/c1-3-5-7-9-11-13-15-17-19-24-28-32-36-40-44-48-52(58)55(61,54(60)50-56)53(59)49-45-41-37-33-29-25-21-18-20-23-27-31-35-39-43-47-51(57)46-42-38-34-30-26-22-16-14-12-10-8-6-4-2/h17,19,54,56,60-61H,3-16,18,20-50H2,1-2H3/b19-17-. The lowest BCUT2D eigenvalue weighted by molar-refractivity contribution is -0.166. The van der Waals surface area contributed by atoms with Crippen LogP contribution >= 0.6 is 0 Å². The molecule has 0 saturated carbocycles. The number of carbonyl (C=O) groups is 3. The number of aliphatic hydroxyl groups is 3. The van der Waals surface area contributed by atoms with Crippen molar-refractivity contribution in [1.82, 2.24) is 0 Å². The Morgan fingerprint density at radius 1 is 0.377 bits per heavy atom. The summed E-state index contributed by atoms with van der Waals surface area (Å²) in [5.41, 5.74) is -2.50. The molecule has 6 nitrogen and oxygen atoms in total. The summed E-state index contributed by atoms with van der Waals surface area (Å²) >= 11 is 0. The summed E-state index contributed by atoms with van der Waals surface area (Å²) in [6, 6.07) is 0. The van der Waals surface area contributed by atoms with Gasteiger partial charge in [-0.05, 0) is 51.4 Å². The lowest BCUT2D eigenvalue weighted by Crippen LogP contribution is -2.57. The van der Waals surface area contributed by atoms with E-state index in [9.17, 15) is 29.7 Å². The van der Waals surface area contributed by atoms with E-state index in [0.717, 1.165) is 77.0 Å². The van der Waals surface area contributed by atoms with Crippen molar-refractivity contribution in [2.45, 2.75) is 314 Å². The first-order chi connectivity index (χ1) is 29.8. The zero-order valence-corrected chi connectivity index (χ0v) is 40.8. The highest BCUT2D eigenvalue weighted by molar-refractivity contribution is 6.10. The molecule has 360 valence electrons. The van der Waals surface area contributed by atoms with Gasteiger partial charge in [0.25, 0.3) is 0 Å². The van der Waals surface area contributed by atoms with Crippen LogP contribution in [0.1, 0.15) is 303 Å². The zero-order valence-electron chi connectivity index (χ0n) is 40.8. The maximum absolute atomic E-state index is 13.0. The number of allylic oxidation sites excluding steroid dienone is 2. The molecule has 3 N–H and O–H groups in total. The smallest absolute Gasteiger partial charge is 0.209 e. The molecule has 61 heavy (non-hydrogen) atoms. The van der Waals surface area contributed by atoms with Crippen LogP contribution in [-0.4, -0.2) is 51.0 Å². The van der Waals surface area contributed by atoms with E-state index in [-0.39, 0.29) is 12.8 Å². The van der Waals surface area contributed by atoms with E-state index in [2.05, 4.69) is 26.0 Å². The lowest BCUT2D eigenvalue weighted by atomic mass is 9.82. The molecule has 2 unspecified atom stereocenters. The number of hydrogen-bond donors (Lipinski definition) is 3. The summed E-state index contributed by atoms with van der Waals surface area (Å²) in [5, 5.41) is 30.9. The molecule has 0 bridgehead atoms. The normalized spacial score (nSPS) is 13.3. The fraction of sp³-hybridized carbons (Fsp3) is 0.909. The number of unbranched alkanes of at least 4 members (excludes halogenated alkanes) is 37. The van der Waals surface area contributed by atoms with E-state index in [1.807, 2.05) is 0 Å². The molecule has 0 heterocycles. The molecule has 2 atom stereocenters. The number of rotatable bonds is 51. The molecule has 0 aromatic heterocycles. The third kappa shape index (κ3) is 37.7. The molecule has 0 radical (unpaired) electrons. The molecule has 0 saturated heterocycles. The van der Waals surface area contributed by atoms with Crippen molar-refractivity contribution in [2.24, 2.45) is 0 Å². The number of aliphatic hydroxyl groups excluding tert-OH is 2. The second-order valence-corrected chi connectivity index (χ2v) is 19.0. The van der Waals surface area contributed by atoms with Crippen LogP contribution in [0.25, 0.3) is 0 Å². The summed E-state index contributed by atoms with van der Waals surface area (Å²) in [6.45, 7) is 3.71. The summed E-state index contributed by atoms with van der Waals surface area (Å²) in [4.78, 5) is 38.2. The van der Waals surface area contributed by atoms with Gasteiger partial charge in [0.2, 0.25) is 5.60 Å². The van der Waals surface area contributed by atoms with Gasteiger partial charge in [-0.3, -0.25) is 14.4 Å². The minimum atomic E-state index is -2.50. The lowest BCUT2D eigenvalue weighted by Gasteiger charge is -2.29. The molecule has 0 aromatic carbocycles. The highest BCUT2D eigenvalue weighted by atomic mass is 16.4. The van der Waals surface area contributed by atoms with E-state index in [1.165, 1.54) is 186 Å². The molecule has 0 rings (SSSR count). The van der Waals surface area contributed by atoms with Crippen LogP contribution in [0.2, 0.25) is 0 Å². The summed E-state index contributed by atoms with van der Waals surface area (Å²) in [7, 11) is 0. The molecule has 6 heteroatoms. The molecule has 0 amide bonds. The Hall–Kier alpha value is -1.37. The Bertz CT molecular complexity index is 993. The quantitative estimate of drug-likeness (QED) is 0.0319. The number of Topliss-reactive ketones (excluding diaryl/α,β-unsaturated/α-hetero) is 3. The van der Waals surface area contributed by atoms with Crippen molar-refractivity contribution < 1.29 is 29.7 Å². The summed E-state index contributed by atoms with van der Waals surface area (Å²) in [6.07, 6.45) is 54.1. The largest absolute Gasteiger partial charge is 0.394 e. The Labute approximate surface area is 379 Å². The number of hydrogen-bond acceptors (Lipinski definition) is 6. The van der Waals surface area contributed by atoms with Crippen LogP contribution in [-0.2, 0) is 14.4 Å². The van der Waals surface area contributed by atoms with Crippen molar-refractivity contribution in [3.63, 3.8) is 0 Å². The van der Waals surface area contributed by atoms with Crippen LogP contribution < -0.4 is 0 Å². The highest BCUT2D eigenvalue weighted by Crippen LogP contribution is 2.23. The fourth-order valence-electron chi connectivity index (χ4n) is 8.77. The van der Waals surface area contributed by atoms with Crippen molar-refractivity contribution in [1.29, 1.82) is 0 Å². The third-order valence-corrected chi connectivity index (χ3v) is 13.1. The van der Waals surface area contributed by atoms with Gasteiger partial charge in [-0.1, -0.05) is 238 Å². The third-order valence-electron chi connectivity index (χ3n) is 13.1. The van der Waals surface area contributed by atoms with E-state index in [4.69, 9.17) is 0 Å². The summed E-state index contributed by atoms with van der Waals surface area (Å²) in [5.74, 6) is -0.833. The molecule has 0 fully saturated rings. The Morgan fingerprint density at radius 2 is 0.607 bits per heavy atom. The second-order valence-electron chi connectivity index (χ2n) is 19.0. The molecular weight excluding hydrogens is 757 g/mol. The van der Waals surface area contributed by atoms with Crippen molar-refractivity contribution >= 4 is 17.3 Å². The van der Waals surface area contributed by atoms with E-state index in [0.29, 0.717) is 18.6 Å². The van der Waals surface area contributed by atoms with Gasteiger partial charge < -0.3 is 15.3 Å². The minimum Gasteiger partial charge on any atom is -0.394 e. The van der Waals surface area contributed by atoms with Crippen LogP contribution in [0.3, 0.4) is 0 Å². The van der Waals surface area contributed by atoms with Gasteiger partial charge in [0.1, 0.15) is 11.9 Å². The number of ketones is 3. The minimum absolute atomic E-state index is 0.0419. The first-order valence-electron chi connectivity index (χ1n) is 27.1. The van der Waals surface area contributed by atoms with Gasteiger partial charge in [-0.15, -0.1) is 0 Å². The Kier molecular flexibility index (Phi) is 45.6. The van der Waals surface area contributed by atoms with Crippen LogP contribution in [0.15, 0.2) is 12.2 Å². The molecule has 0 aliphatic rings. The van der Waals surface area contributed by atoms with Gasteiger partial charge in [-0.2, -0.15) is 0 Å². The summed E-state index contributed by atoms with van der Waals surface area (Å²) < 4.78 is 0. The van der Waals surface area contributed by atoms with Gasteiger partial charge >= 0.3 is 0 Å². The van der Waals surface area contributed by atoms with Crippen LogP contribution in [0, 0.1) is 0 Å². The van der Waals surface area contributed by atoms with Crippen LogP contribution in [0.5, 0.6) is 0 Å². The topological polar surface area (TPSA) is 112 Å². The predicted octanol–water partition coefficient (Wildman–Crippen LogP) is 15.9.